The third kappa shape index (κ3) is 10.0. The highest BCUT2D eigenvalue weighted by atomic mass is 16.6. The topological polar surface area (TPSA) is 158 Å². The fraction of sp³-hybridized carbons (Fsp3) is 0.450. The van der Waals surface area contributed by atoms with E-state index in [0.717, 1.165) is 16.7 Å². The summed E-state index contributed by atoms with van der Waals surface area (Å²) in [6.07, 6.45) is 0.673. The molecule has 0 aliphatic carbocycles. The van der Waals surface area contributed by atoms with Crippen molar-refractivity contribution in [1.82, 2.24) is 0 Å². The lowest BCUT2D eigenvalue weighted by atomic mass is 9.79. The predicted molar refractivity (Wildman–Crippen MR) is 186 cm³/mol. The number of hydrogen-bond acceptors (Lipinski definition) is 6. The summed E-state index contributed by atoms with van der Waals surface area (Å²) in [6, 6.07) is 28.7. The van der Waals surface area contributed by atoms with Crippen LogP contribution in [-0.4, -0.2) is 50.4 Å². The number of hydrogen-bond donors (Lipinski definition) is 4. The van der Waals surface area contributed by atoms with Gasteiger partial charge in [0.2, 0.25) is 0 Å². The van der Waals surface area contributed by atoms with E-state index < -0.39 is 58.2 Å². The lowest BCUT2D eigenvalue weighted by Gasteiger charge is -2.38. The second-order valence-electron chi connectivity index (χ2n) is 14.1. The molecule has 0 aliphatic rings. The Bertz CT molecular complexity index is 1420. The van der Waals surface area contributed by atoms with Crippen molar-refractivity contribution in [1.29, 1.82) is 0 Å². The van der Waals surface area contributed by atoms with Crippen molar-refractivity contribution in [3.8, 4) is 0 Å². The third-order valence-electron chi connectivity index (χ3n) is 9.51. The van der Waals surface area contributed by atoms with Gasteiger partial charge in [0.05, 0.1) is 28.8 Å². The van der Waals surface area contributed by atoms with Crippen LogP contribution in [0.15, 0.2) is 91.0 Å². The Morgan fingerprint density at radius 3 is 1.24 bits per heavy atom. The Balaban J connectivity index is 1.71. The second kappa shape index (κ2) is 17.2. The number of aliphatic hydroxyl groups excluding tert-OH is 1. The molecule has 0 saturated carbocycles. The van der Waals surface area contributed by atoms with Crippen LogP contribution in [0.5, 0.6) is 0 Å². The molecule has 9 heteroatoms. The van der Waals surface area contributed by atoms with E-state index in [9.17, 15) is 39.6 Å². The molecule has 3 unspecified atom stereocenters. The van der Waals surface area contributed by atoms with E-state index in [1.807, 2.05) is 91.0 Å². The Kier molecular flexibility index (Phi) is 13.7. The molecule has 0 bridgehead atoms. The average molecular weight is 675 g/mol. The summed E-state index contributed by atoms with van der Waals surface area (Å²) in [4.78, 5) is 49.6. The van der Waals surface area contributed by atoms with Crippen molar-refractivity contribution in [2.24, 2.45) is 22.7 Å². The normalized spacial score (nSPS) is 14.0. The fourth-order valence-corrected chi connectivity index (χ4v) is 6.20. The Morgan fingerprint density at radius 1 is 0.571 bits per heavy atom. The first-order valence-electron chi connectivity index (χ1n) is 16.9. The maximum absolute atomic E-state index is 14.1. The third-order valence-corrected chi connectivity index (χ3v) is 9.51. The number of ether oxygens (including phenoxy) is 1. The van der Waals surface area contributed by atoms with Gasteiger partial charge in [0, 0.05) is 16.7 Å². The number of benzene rings is 3. The van der Waals surface area contributed by atoms with Gasteiger partial charge in [-0.3, -0.25) is 19.2 Å². The van der Waals surface area contributed by atoms with Gasteiger partial charge in [0.25, 0.3) is 0 Å². The largest absolute Gasteiger partial charge is 0.481 e. The first-order chi connectivity index (χ1) is 23.1. The monoisotopic (exact) mass is 674 g/mol. The van der Waals surface area contributed by atoms with Crippen LogP contribution in [0.1, 0.15) is 95.8 Å². The number of aliphatic carboxylic acids is 3. The molecule has 3 aromatic carbocycles. The number of carboxylic acid groups (broad SMARTS) is 3. The van der Waals surface area contributed by atoms with Crippen LogP contribution in [0.25, 0.3) is 0 Å². The van der Waals surface area contributed by atoms with Crippen LogP contribution in [-0.2, 0) is 29.5 Å². The van der Waals surface area contributed by atoms with Crippen molar-refractivity contribution in [3.05, 3.63) is 108 Å². The predicted octanol–water partition coefficient (Wildman–Crippen LogP) is 7.54. The summed E-state index contributed by atoms with van der Waals surface area (Å²) in [5, 5.41) is 40.0. The van der Waals surface area contributed by atoms with Crippen LogP contribution >= 0.6 is 0 Å². The lowest BCUT2D eigenvalue weighted by molar-refractivity contribution is -0.165. The zero-order chi connectivity index (χ0) is 36.2. The van der Waals surface area contributed by atoms with E-state index in [2.05, 4.69) is 0 Å². The van der Waals surface area contributed by atoms with Gasteiger partial charge >= 0.3 is 23.9 Å². The first-order valence-corrected chi connectivity index (χ1v) is 16.9. The van der Waals surface area contributed by atoms with Gasteiger partial charge in [-0.05, 0) is 53.4 Å². The molecular weight excluding hydrogens is 624 g/mol. The molecule has 3 rings (SSSR count). The van der Waals surface area contributed by atoms with Gasteiger partial charge < -0.3 is 25.2 Å². The quantitative estimate of drug-likeness (QED) is 0.0540. The van der Waals surface area contributed by atoms with Gasteiger partial charge in [-0.25, -0.2) is 0 Å². The molecule has 264 valence electrons. The summed E-state index contributed by atoms with van der Waals surface area (Å²) in [5.41, 5.74) is -0.803. The molecular formula is C40H50O9. The van der Waals surface area contributed by atoms with E-state index >= 15 is 0 Å². The number of rotatable bonds is 20. The van der Waals surface area contributed by atoms with Gasteiger partial charge in [0.15, 0.2) is 5.60 Å². The minimum Gasteiger partial charge on any atom is -0.481 e. The van der Waals surface area contributed by atoms with E-state index in [1.54, 1.807) is 27.7 Å². The van der Waals surface area contributed by atoms with Crippen LogP contribution < -0.4 is 0 Å². The second-order valence-corrected chi connectivity index (χ2v) is 14.1. The minimum absolute atomic E-state index is 0.0272. The number of carbonyl (C=O) groups is 4. The molecule has 0 saturated heterocycles. The molecule has 49 heavy (non-hydrogen) atoms. The molecule has 0 heterocycles. The Morgan fingerprint density at radius 2 is 0.918 bits per heavy atom. The first kappa shape index (κ1) is 38.9. The standard InChI is InChI=1S/C40H50O9/c1-38(2,36(46)47)26-16-14-24-31(34(42)43)33(41)32(35(44)45)25-15-17-27-39(3,4)37(48)49-40(28-18-8-5-9-19-28,29-20-10-6-11-21-29)30-22-12-7-13-23-30/h5-13,18-23,31-33,41H,14-17,24-27H2,1-4H3,(H,42,43)(H,44,45)(H,46,47). The number of carboxylic acids is 3. The van der Waals surface area contributed by atoms with Gasteiger partial charge in [-0.2, -0.15) is 0 Å². The van der Waals surface area contributed by atoms with E-state index in [-0.39, 0.29) is 12.8 Å². The van der Waals surface area contributed by atoms with Crippen LogP contribution in [0, 0.1) is 22.7 Å². The summed E-state index contributed by atoms with van der Waals surface area (Å²) in [7, 11) is 0. The Hall–Kier alpha value is -4.50. The number of carbonyl (C=O) groups excluding carboxylic acids is 1. The van der Waals surface area contributed by atoms with Gasteiger partial charge in [-0.15, -0.1) is 0 Å². The van der Waals surface area contributed by atoms with Crippen molar-refractivity contribution >= 4 is 23.9 Å². The summed E-state index contributed by atoms with van der Waals surface area (Å²) in [6.45, 7) is 6.76. The van der Waals surface area contributed by atoms with Crippen LogP contribution in [0.3, 0.4) is 0 Å². The van der Waals surface area contributed by atoms with E-state index in [0.29, 0.717) is 38.5 Å². The average Bonchev–Trinajstić information content (AvgIpc) is 3.07. The van der Waals surface area contributed by atoms with E-state index in [4.69, 9.17) is 4.74 Å². The van der Waals surface area contributed by atoms with Crippen molar-refractivity contribution in [2.75, 3.05) is 0 Å². The SMILES string of the molecule is CC(C)(CCCCC(C(=O)O)C(O)C(CCCCC(C)(C)C(=O)OC(c1ccccc1)(c1ccccc1)c1ccccc1)C(=O)O)C(=O)O. The fourth-order valence-electron chi connectivity index (χ4n) is 6.20. The number of aliphatic hydroxyl groups is 1. The highest BCUT2D eigenvalue weighted by molar-refractivity contribution is 5.78. The molecule has 0 aliphatic heterocycles. The maximum atomic E-state index is 14.1. The zero-order valence-corrected chi connectivity index (χ0v) is 28.9. The molecule has 3 aromatic rings. The summed E-state index contributed by atoms with van der Waals surface area (Å²) >= 11 is 0. The van der Waals surface area contributed by atoms with Gasteiger partial charge in [0.1, 0.15) is 0 Å². The molecule has 3 atom stereocenters. The van der Waals surface area contributed by atoms with E-state index in [1.165, 1.54) is 0 Å². The maximum Gasteiger partial charge on any atom is 0.313 e. The van der Waals surface area contributed by atoms with Crippen molar-refractivity contribution < 1.29 is 44.3 Å². The van der Waals surface area contributed by atoms with Crippen molar-refractivity contribution in [3.63, 3.8) is 0 Å². The molecule has 4 N–H and O–H groups in total. The highest BCUT2D eigenvalue weighted by Crippen LogP contribution is 2.43. The minimum atomic E-state index is -1.62. The number of unbranched alkanes of at least 4 members (excludes halogenated alkanes) is 2. The van der Waals surface area contributed by atoms with Crippen molar-refractivity contribution in [2.45, 2.75) is 90.8 Å². The van der Waals surface area contributed by atoms with Crippen LogP contribution in [0.4, 0.5) is 0 Å². The zero-order valence-electron chi connectivity index (χ0n) is 28.9. The molecule has 0 radical (unpaired) electrons. The summed E-state index contributed by atoms with van der Waals surface area (Å²) in [5.74, 6) is -6.58. The molecule has 0 amide bonds. The molecule has 0 spiro atoms. The Labute approximate surface area is 289 Å². The smallest absolute Gasteiger partial charge is 0.313 e. The highest BCUT2D eigenvalue weighted by Gasteiger charge is 2.44. The van der Waals surface area contributed by atoms with Crippen LogP contribution in [0.2, 0.25) is 0 Å². The molecule has 9 nitrogen and oxygen atoms in total. The summed E-state index contributed by atoms with van der Waals surface area (Å²) < 4.78 is 6.58. The number of esters is 1. The lowest BCUT2D eigenvalue weighted by Crippen LogP contribution is -2.40. The molecule has 0 aromatic heterocycles. The van der Waals surface area contributed by atoms with Gasteiger partial charge in [-0.1, -0.05) is 117 Å². The molecule has 0 fully saturated rings.